The maximum Gasteiger partial charge on any atom is 0.183 e. The van der Waals surface area contributed by atoms with Crippen LogP contribution >= 0.6 is 0 Å². The van der Waals surface area contributed by atoms with Gasteiger partial charge in [-0.3, -0.25) is 0 Å². The molecule has 1 fully saturated rings. The molecular formula is C12H26N2O4. The van der Waals surface area contributed by atoms with Gasteiger partial charge >= 0.3 is 0 Å². The summed E-state index contributed by atoms with van der Waals surface area (Å²) in [7, 11) is 0. The van der Waals surface area contributed by atoms with Crippen molar-refractivity contribution >= 4 is 0 Å². The molecule has 0 aromatic carbocycles. The van der Waals surface area contributed by atoms with Crippen LogP contribution in [0.5, 0.6) is 0 Å². The molecule has 0 spiro atoms. The van der Waals surface area contributed by atoms with Gasteiger partial charge in [-0.25, -0.2) is 0 Å². The van der Waals surface area contributed by atoms with Gasteiger partial charge in [-0.15, -0.1) is 0 Å². The van der Waals surface area contributed by atoms with Crippen molar-refractivity contribution in [2.45, 2.75) is 46.6 Å². The molecule has 0 atom stereocenters. The van der Waals surface area contributed by atoms with E-state index in [0.29, 0.717) is 6.10 Å². The normalized spacial score (nSPS) is 17.7. The van der Waals surface area contributed by atoms with Crippen LogP contribution in [-0.2, 0) is 4.74 Å². The summed E-state index contributed by atoms with van der Waals surface area (Å²) in [6.07, 6.45) is 3.14. The van der Waals surface area contributed by atoms with Crippen LogP contribution in [0.1, 0.15) is 40.5 Å². The first-order valence-electron chi connectivity index (χ1n) is 6.55. The Morgan fingerprint density at radius 1 is 1.17 bits per heavy atom. The molecule has 1 aliphatic heterocycles. The Kier molecular flexibility index (Phi) is 7.86. The average Bonchev–Trinajstić information content (AvgIpc) is 2.62. The number of hydrogen-bond donors (Lipinski definition) is 0. The Morgan fingerprint density at radius 3 is 1.94 bits per heavy atom. The van der Waals surface area contributed by atoms with E-state index in [9.17, 15) is 0 Å². The molecule has 0 saturated carbocycles. The number of rotatable bonds is 5. The molecule has 18 heavy (non-hydrogen) atoms. The van der Waals surface area contributed by atoms with Gasteiger partial charge in [-0.2, -0.15) is 0 Å². The van der Waals surface area contributed by atoms with Crippen molar-refractivity contribution in [3.63, 3.8) is 0 Å². The van der Waals surface area contributed by atoms with Gasteiger partial charge in [0, 0.05) is 18.8 Å². The molecule has 1 saturated heterocycles. The fourth-order valence-corrected chi connectivity index (χ4v) is 2.45. The van der Waals surface area contributed by atoms with E-state index < -0.39 is 5.09 Å². The standard InChI is InChI=1S/C12H26NO.NO3/c1-11(2)9-13(7-5-6-8-13)10-14-12(3)4;2-1(3)4/h11-12H,5-10H2,1-4H3;/q+1;-1. The van der Waals surface area contributed by atoms with E-state index in [0.717, 1.165) is 12.6 Å². The lowest BCUT2D eigenvalue weighted by atomic mass is 10.2. The van der Waals surface area contributed by atoms with Crippen LogP contribution in [0, 0.1) is 21.2 Å². The molecule has 1 aliphatic rings. The number of likely N-dealkylation sites (tertiary alicyclic amines) is 1. The zero-order valence-corrected chi connectivity index (χ0v) is 11.9. The zero-order valence-electron chi connectivity index (χ0n) is 11.9. The van der Waals surface area contributed by atoms with Crippen molar-refractivity contribution in [2.75, 3.05) is 26.4 Å². The number of quaternary nitrogens is 1. The lowest BCUT2D eigenvalue weighted by Crippen LogP contribution is -2.49. The zero-order chi connectivity index (χ0) is 14.2. The van der Waals surface area contributed by atoms with Crippen molar-refractivity contribution < 1.29 is 14.3 Å². The summed E-state index contributed by atoms with van der Waals surface area (Å²) in [5.41, 5.74) is 0. The van der Waals surface area contributed by atoms with Gasteiger partial charge in [0.2, 0.25) is 0 Å². The molecule has 6 nitrogen and oxygen atoms in total. The number of ether oxygens (including phenoxy) is 1. The number of hydrogen-bond acceptors (Lipinski definition) is 4. The molecule has 0 N–H and O–H groups in total. The molecule has 1 rings (SSSR count). The van der Waals surface area contributed by atoms with Crippen LogP contribution in [0.15, 0.2) is 0 Å². The predicted molar refractivity (Wildman–Crippen MR) is 70.4 cm³/mol. The van der Waals surface area contributed by atoms with Crippen LogP contribution in [0.3, 0.4) is 0 Å². The van der Waals surface area contributed by atoms with Crippen LogP contribution in [0.25, 0.3) is 0 Å². The van der Waals surface area contributed by atoms with Gasteiger partial charge in [0.05, 0.1) is 30.8 Å². The second kappa shape index (κ2) is 8.26. The highest BCUT2D eigenvalue weighted by Crippen LogP contribution is 2.21. The largest absolute Gasteiger partial charge is 0.356 e. The molecule has 108 valence electrons. The SMILES string of the molecule is CC(C)C[N+]1(COC(C)C)CCCC1.O=[N+]([O-])[O-]. The summed E-state index contributed by atoms with van der Waals surface area (Å²) in [5, 5.41) is 14.8. The lowest BCUT2D eigenvalue weighted by molar-refractivity contribution is -0.938. The van der Waals surface area contributed by atoms with Gasteiger partial charge in [0.25, 0.3) is 0 Å². The van der Waals surface area contributed by atoms with E-state index in [4.69, 9.17) is 20.1 Å². The third-order valence-electron chi connectivity index (χ3n) is 2.95. The first kappa shape index (κ1) is 17.1. The topological polar surface area (TPSA) is 75.4 Å². The molecule has 0 unspecified atom stereocenters. The van der Waals surface area contributed by atoms with E-state index in [-0.39, 0.29) is 0 Å². The van der Waals surface area contributed by atoms with Crippen molar-refractivity contribution in [1.29, 1.82) is 0 Å². The van der Waals surface area contributed by atoms with Gasteiger partial charge in [-0.1, -0.05) is 13.8 Å². The molecule has 0 amide bonds. The summed E-state index contributed by atoms with van der Waals surface area (Å²) in [4.78, 5) is 8.25. The van der Waals surface area contributed by atoms with E-state index in [2.05, 4.69) is 27.7 Å². The Labute approximate surface area is 109 Å². The van der Waals surface area contributed by atoms with Crippen molar-refractivity contribution in [1.82, 2.24) is 0 Å². The van der Waals surface area contributed by atoms with Crippen molar-refractivity contribution in [3.05, 3.63) is 15.3 Å². The second-order valence-electron chi connectivity index (χ2n) is 5.64. The fourth-order valence-electron chi connectivity index (χ4n) is 2.45. The molecule has 0 bridgehead atoms. The smallest absolute Gasteiger partial charge is 0.183 e. The molecule has 0 aromatic heterocycles. The van der Waals surface area contributed by atoms with Crippen molar-refractivity contribution in [3.8, 4) is 0 Å². The molecule has 1 heterocycles. The first-order valence-corrected chi connectivity index (χ1v) is 6.55. The van der Waals surface area contributed by atoms with E-state index >= 15 is 0 Å². The second-order valence-corrected chi connectivity index (χ2v) is 5.64. The summed E-state index contributed by atoms with van der Waals surface area (Å²) >= 11 is 0. The highest BCUT2D eigenvalue weighted by Gasteiger charge is 2.32. The minimum absolute atomic E-state index is 0.373. The van der Waals surface area contributed by atoms with E-state index in [1.54, 1.807) is 0 Å². The van der Waals surface area contributed by atoms with Crippen molar-refractivity contribution in [2.24, 2.45) is 5.92 Å². The highest BCUT2D eigenvalue weighted by molar-refractivity contribution is 4.55. The lowest BCUT2D eigenvalue weighted by Gasteiger charge is -2.35. The van der Waals surface area contributed by atoms with Gasteiger partial charge in [0.15, 0.2) is 6.73 Å². The quantitative estimate of drug-likeness (QED) is 0.433. The van der Waals surface area contributed by atoms with Gasteiger partial charge < -0.3 is 24.5 Å². The van der Waals surface area contributed by atoms with Crippen LogP contribution < -0.4 is 0 Å². The van der Waals surface area contributed by atoms with Crippen LogP contribution in [-0.4, -0.2) is 42.0 Å². The van der Waals surface area contributed by atoms with E-state index in [1.165, 1.54) is 37.0 Å². The summed E-state index contributed by atoms with van der Waals surface area (Å²) in [6, 6.07) is 0. The molecular weight excluding hydrogens is 236 g/mol. The van der Waals surface area contributed by atoms with Crippen LogP contribution in [0.4, 0.5) is 0 Å². The third kappa shape index (κ3) is 8.25. The summed E-state index contributed by atoms with van der Waals surface area (Å²) < 4.78 is 7.01. The molecule has 0 radical (unpaired) electrons. The summed E-state index contributed by atoms with van der Waals surface area (Å²) in [6.45, 7) is 13.7. The average molecular weight is 262 g/mol. The Balaban J connectivity index is 0.000000631. The third-order valence-corrected chi connectivity index (χ3v) is 2.95. The fraction of sp³-hybridized carbons (Fsp3) is 1.00. The number of nitrogens with zero attached hydrogens (tertiary/aromatic N) is 2. The van der Waals surface area contributed by atoms with Gasteiger partial charge in [-0.05, 0) is 13.8 Å². The predicted octanol–water partition coefficient (Wildman–Crippen LogP) is 2.40. The highest BCUT2D eigenvalue weighted by atomic mass is 16.9. The molecule has 0 aliphatic carbocycles. The maximum atomic E-state index is 8.25. The van der Waals surface area contributed by atoms with Crippen LogP contribution in [0.2, 0.25) is 0 Å². The van der Waals surface area contributed by atoms with E-state index in [1.807, 2.05) is 0 Å². The molecule has 0 aromatic rings. The minimum atomic E-state index is -1.75. The first-order chi connectivity index (χ1) is 8.27. The monoisotopic (exact) mass is 262 g/mol. The summed E-state index contributed by atoms with van der Waals surface area (Å²) in [5.74, 6) is 0.781. The maximum absolute atomic E-state index is 8.25. The Morgan fingerprint density at radius 2 is 1.61 bits per heavy atom. The van der Waals surface area contributed by atoms with Gasteiger partial charge in [0.1, 0.15) is 0 Å². The molecule has 6 heteroatoms. The minimum Gasteiger partial charge on any atom is -0.356 e. The Hall–Kier alpha value is -0.880. The Bertz CT molecular complexity index is 234.